The second-order valence-electron chi connectivity index (χ2n) is 6.99. The first kappa shape index (κ1) is 22.0. The van der Waals surface area contributed by atoms with E-state index in [9.17, 15) is 4.79 Å². The summed E-state index contributed by atoms with van der Waals surface area (Å²) in [5.41, 5.74) is 11.1. The Balaban J connectivity index is 1.41. The number of nitrogens with one attached hydrogen (secondary N) is 1. The van der Waals surface area contributed by atoms with Crippen molar-refractivity contribution in [3.05, 3.63) is 76.1 Å². The molecular formula is C21H19ClN8O3. The Hall–Kier alpha value is -4.25. The number of nitrogens with two attached hydrogens (primary N) is 1. The summed E-state index contributed by atoms with van der Waals surface area (Å²) >= 11 is 5.90. The van der Waals surface area contributed by atoms with E-state index in [4.69, 9.17) is 22.1 Å². The topological polar surface area (TPSA) is 146 Å². The van der Waals surface area contributed by atoms with Crippen LogP contribution in [0.5, 0.6) is 5.75 Å². The van der Waals surface area contributed by atoms with E-state index in [1.165, 1.54) is 0 Å². The fourth-order valence-corrected chi connectivity index (χ4v) is 3.02. The summed E-state index contributed by atoms with van der Waals surface area (Å²) in [6.07, 6.45) is 0. The van der Waals surface area contributed by atoms with Gasteiger partial charge in [-0.2, -0.15) is 9.78 Å². The van der Waals surface area contributed by atoms with Crippen molar-refractivity contribution in [3.63, 3.8) is 0 Å². The Morgan fingerprint density at radius 1 is 1.18 bits per heavy atom. The molecule has 0 spiro atoms. The van der Waals surface area contributed by atoms with E-state index >= 15 is 0 Å². The maximum absolute atomic E-state index is 12.7. The molecule has 168 valence electrons. The van der Waals surface area contributed by atoms with E-state index in [0.29, 0.717) is 28.8 Å². The molecule has 2 heterocycles. The van der Waals surface area contributed by atoms with Gasteiger partial charge in [0.1, 0.15) is 12.4 Å². The van der Waals surface area contributed by atoms with E-state index in [-0.39, 0.29) is 17.3 Å². The minimum absolute atomic E-state index is 0.0213. The van der Waals surface area contributed by atoms with Crippen LogP contribution in [0.1, 0.15) is 34.2 Å². The number of halogens is 1. The van der Waals surface area contributed by atoms with Gasteiger partial charge in [-0.1, -0.05) is 28.9 Å². The molecule has 4 rings (SSSR count). The van der Waals surface area contributed by atoms with Crippen LogP contribution in [0, 0.1) is 6.92 Å². The van der Waals surface area contributed by atoms with E-state index < -0.39 is 5.91 Å². The molecule has 3 N–H and O–H groups in total. The quantitative estimate of drug-likeness (QED) is 0.312. The highest BCUT2D eigenvalue weighted by Gasteiger charge is 2.22. The highest BCUT2D eigenvalue weighted by Crippen LogP contribution is 2.17. The number of ether oxygens (including phenoxy) is 1. The van der Waals surface area contributed by atoms with Crippen LogP contribution < -0.4 is 15.9 Å². The molecule has 2 aromatic carbocycles. The predicted octanol–water partition coefficient (Wildman–Crippen LogP) is 2.93. The molecule has 1 amide bonds. The van der Waals surface area contributed by atoms with Gasteiger partial charge in [0.05, 0.1) is 11.4 Å². The molecule has 0 bridgehead atoms. The lowest BCUT2D eigenvalue weighted by Crippen LogP contribution is -2.24. The highest BCUT2D eigenvalue weighted by atomic mass is 35.5. The molecule has 0 aliphatic heterocycles. The number of hydrazone groups is 1. The van der Waals surface area contributed by atoms with E-state index in [1.54, 1.807) is 13.8 Å². The van der Waals surface area contributed by atoms with E-state index in [1.807, 2.05) is 48.5 Å². The van der Waals surface area contributed by atoms with Gasteiger partial charge in [-0.05, 0) is 71.7 Å². The number of benzene rings is 2. The van der Waals surface area contributed by atoms with Gasteiger partial charge in [-0.25, -0.2) is 10.1 Å². The smallest absolute Gasteiger partial charge is 0.292 e. The first-order chi connectivity index (χ1) is 15.9. The van der Waals surface area contributed by atoms with Crippen molar-refractivity contribution in [2.75, 3.05) is 5.73 Å². The van der Waals surface area contributed by atoms with Gasteiger partial charge in [0.25, 0.3) is 5.91 Å². The van der Waals surface area contributed by atoms with Gasteiger partial charge in [-0.3, -0.25) is 4.79 Å². The minimum Gasteiger partial charge on any atom is -0.489 e. The van der Waals surface area contributed by atoms with Crippen molar-refractivity contribution >= 4 is 29.0 Å². The second kappa shape index (κ2) is 9.49. The van der Waals surface area contributed by atoms with Crippen LogP contribution in [0.3, 0.4) is 0 Å². The first-order valence-corrected chi connectivity index (χ1v) is 10.1. The molecule has 2 aromatic heterocycles. The summed E-state index contributed by atoms with van der Waals surface area (Å²) in [5.74, 6) is 0.208. The van der Waals surface area contributed by atoms with Gasteiger partial charge < -0.3 is 10.5 Å². The molecule has 4 aromatic rings. The molecule has 0 aliphatic rings. The Morgan fingerprint density at radius 3 is 2.58 bits per heavy atom. The summed E-state index contributed by atoms with van der Waals surface area (Å²) in [5, 5.41) is 19.8. The summed E-state index contributed by atoms with van der Waals surface area (Å²) in [6.45, 7) is 3.82. The number of carbonyl (C=O) groups is 1. The van der Waals surface area contributed by atoms with Gasteiger partial charge in [0.15, 0.2) is 5.69 Å². The zero-order valence-corrected chi connectivity index (χ0v) is 18.4. The average Bonchev–Trinajstić information content (AvgIpc) is 3.42. The van der Waals surface area contributed by atoms with Crippen molar-refractivity contribution in [1.29, 1.82) is 0 Å². The number of hydrogen-bond acceptors (Lipinski definition) is 9. The van der Waals surface area contributed by atoms with Crippen molar-refractivity contribution in [2.45, 2.75) is 20.5 Å². The third-order valence-corrected chi connectivity index (χ3v) is 4.92. The SMILES string of the molecule is C/C(=N\NC(=O)c1c(C)nnn1-c1nonc1N)c1ccc(OCc2ccc(Cl)cc2)cc1. The zero-order valence-electron chi connectivity index (χ0n) is 17.7. The van der Waals surface area contributed by atoms with Crippen molar-refractivity contribution in [3.8, 4) is 11.6 Å². The molecule has 11 nitrogen and oxygen atoms in total. The summed E-state index contributed by atoms with van der Waals surface area (Å²) < 4.78 is 11.5. The van der Waals surface area contributed by atoms with Crippen LogP contribution >= 0.6 is 11.6 Å². The van der Waals surface area contributed by atoms with Crippen LogP contribution in [0.4, 0.5) is 5.82 Å². The van der Waals surface area contributed by atoms with Crippen LogP contribution in [-0.4, -0.2) is 36.9 Å². The summed E-state index contributed by atoms with van der Waals surface area (Å²) in [4.78, 5) is 12.7. The van der Waals surface area contributed by atoms with Crippen molar-refractivity contribution in [1.82, 2.24) is 30.7 Å². The number of aromatic nitrogens is 5. The lowest BCUT2D eigenvalue weighted by Gasteiger charge is -2.08. The average molecular weight is 467 g/mol. The molecule has 33 heavy (non-hydrogen) atoms. The Labute approximate surface area is 193 Å². The number of aryl methyl sites for hydroxylation is 1. The van der Waals surface area contributed by atoms with E-state index in [2.05, 4.69) is 35.8 Å². The number of carbonyl (C=O) groups excluding carboxylic acids is 1. The minimum atomic E-state index is -0.540. The number of rotatable bonds is 7. The Morgan fingerprint density at radius 2 is 1.91 bits per heavy atom. The fraction of sp³-hybridized carbons (Fsp3) is 0.143. The number of nitrogen functional groups attached to an aromatic ring is 1. The van der Waals surface area contributed by atoms with Crippen molar-refractivity contribution in [2.24, 2.45) is 5.10 Å². The van der Waals surface area contributed by atoms with Crippen LogP contribution in [0.25, 0.3) is 5.82 Å². The molecular weight excluding hydrogens is 448 g/mol. The third kappa shape index (κ3) is 4.99. The second-order valence-corrected chi connectivity index (χ2v) is 7.42. The van der Waals surface area contributed by atoms with Gasteiger partial charge in [-0.15, -0.1) is 5.10 Å². The maximum Gasteiger partial charge on any atom is 0.292 e. The Bertz CT molecular complexity index is 1300. The monoisotopic (exact) mass is 466 g/mol. The molecule has 0 saturated heterocycles. The number of hydrogen-bond donors (Lipinski definition) is 2. The van der Waals surface area contributed by atoms with Crippen LogP contribution in [0.2, 0.25) is 5.02 Å². The number of amides is 1. The van der Waals surface area contributed by atoms with E-state index in [0.717, 1.165) is 15.8 Å². The standard InChI is InChI=1S/C21H19ClN8O3/c1-12(15-5-9-17(10-6-15)32-11-14-3-7-16(22)8-4-14)24-26-21(31)18-13(2)25-29-30(18)20-19(23)27-33-28-20/h3-10H,11H2,1-2H3,(H2,23,27)(H,26,31)/b24-12+. The lowest BCUT2D eigenvalue weighted by atomic mass is 10.1. The molecule has 0 unspecified atom stereocenters. The fourth-order valence-electron chi connectivity index (χ4n) is 2.90. The zero-order chi connectivity index (χ0) is 23.4. The van der Waals surface area contributed by atoms with Gasteiger partial charge >= 0.3 is 0 Å². The number of anilines is 1. The Kier molecular flexibility index (Phi) is 6.31. The predicted molar refractivity (Wildman–Crippen MR) is 120 cm³/mol. The molecule has 0 aliphatic carbocycles. The molecule has 0 saturated carbocycles. The molecule has 0 atom stereocenters. The first-order valence-electron chi connectivity index (χ1n) is 9.75. The molecule has 0 fully saturated rings. The van der Waals surface area contributed by atoms with Crippen LogP contribution in [-0.2, 0) is 6.61 Å². The summed E-state index contributed by atoms with van der Waals surface area (Å²) in [6, 6.07) is 14.8. The molecule has 12 heteroatoms. The summed E-state index contributed by atoms with van der Waals surface area (Å²) in [7, 11) is 0. The third-order valence-electron chi connectivity index (χ3n) is 4.67. The maximum atomic E-state index is 12.7. The largest absolute Gasteiger partial charge is 0.489 e. The van der Waals surface area contributed by atoms with Gasteiger partial charge in [0.2, 0.25) is 11.6 Å². The highest BCUT2D eigenvalue weighted by molar-refractivity contribution is 6.30. The number of nitrogens with zero attached hydrogens (tertiary/aromatic N) is 6. The molecule has 0 radical (unpaired) electrons. The van der Waals surface area contributed by atoms with Gasteiger partial charge in [0, 0.05) is 5.02 Å². The van der Waals surface area contributed by atoms with Crippen molar-refractivity contribution < 1.29 is 14.2 Å². The normalized spacial score (nSPS) is 11.4. The lowest BCUT2D eigenvalue weighted by molar-refractivity contribution is 0.0946. The van der Waals surface area contributed by atoms with Crippen LogP contribution in [0.15, 0.2) is 58.3 Å².